The first kappa shape index (κ1) is 20.7. The van der Waals surface area contributed by atoms with Crippen LogP contribution in [0.4, 0.5) is 0 Å². The summed E-state index contributed by atoms with van der Waals surface area (Å²) in [6.45, 7) is 6.10. The molecule has 2 aromatic carbocycles. The summed E-state index contributed by atoms with van der Waals surface area (Å²) in [5.74, 6) is 1.22. The molecule has 0 spiro atoms. The highest BCUT2D eigenvalue weighted by atomic mass is 79.9. The molecule has 2 heterocycles. The van der Waals surface area contributed by atoms with E-state index in [1.165, 1.54) is 37.9 Å². The summed E-state index contributed by atoms with van der Waals surface area (Å²) in [5.41, 5.74) is 8.82. The van der Waals surface area contributed by atoms with E-state index in [9.17, 15) is 5.11 Å². The van der Waals surface area contributed by atoms with E-state index < -0.39 is 0 Å². The number of hydrazine groups is 1. The minimum atomic E-state index is -0.00595. The van der Waals surface area contributed by atoms with Gasteiger partial charge in [0, 0.05) is 34.6 Å². The van der Waals surface area contributed by atoms with Crippen molar-refractivity contribution in [3.63, 3.8) is 0 Å². The average Bonchev–Trinajstić information content (AvgIpc) is 3.11. The third-order valence-electron chi connectivity index (χ3n) is 6.08. The van der Waals surface area contributed by atoms with Gasteiger partial charge in [0.25, 0.3) is 0 Å². The van der Waals surface area contributed by atoms with E-state index in [1.54, 1.807) is 6.07 Å². The molecule has 3 atom stereocenters. The second-order valence-electron chi connectivity index (χ2n) is 8.10. The lowest BCUT2D eigenvalue weighted by atomic mass is 9.84. The minimum absolute atomic E-state index is 0.00595. The number of benzene rings is 2. The summed E-state index contributed by atoms with van der Waals surface area (Å²) in [6, 6.07) is 14.4. The molecule has 0 bridgehead atoms. The van der Waals surface area contributed by atoms with Crippen molar-refractivity contribution in [2.75, 3.05) is 26.2 Å². The van der Waals surface area contributed by atoms with Crippen LogP contribution in [-0.2, 0) is 0 Å². The Balaban J connectivity index is 1.43. The van der Waals surface area contributed by atoms with Gasteiger partial charge in [0.05, 0.1) is 6.04 Å². The van der Waals surface area contributed by atoms with Crippen molar-refractivity contribution in [3.8, 4) is 11.5 Å². The fourth-order valence-corrected chi connectivity index (χ4v) is 4.74. The largest absolute Gasteiger partial charge is 0.507 e. The smallest absolute Gasteiger partial charge is 0.124 e. The van der Waals surface area contributed by atoms with Crippen LogP contribution in [0.25, 0.3) is 0 Å². The monoisotopic (exact) mass is 459 g/mol. The second-order valence-corrected chi connectivity index (χ2v) is 9.02. The average molecular weight is 460 g/mol. The molecule has 6 heteroatoms. The number of hydrogen-bond donors (Lipinski definition) is 3. The molecule has 0 radical (unpaired) electrons. The number of ether oxygens (including phenoxy) is 1. The zero-order chi connectivity index (χ0) is 20.2. The predicted molar refractivity (Wildman–Crippen MR) is 119 cm³/mol. The standard InChI is InChI=1S/C23H30BrN3O2/c1-16-22(17-5-7-18(24)8-6-17)23(26-25-16)20-10-9-19(15-21(20)28)29-14-13-27-11-3-2-4-12-27/h5-10,15-16,22-23,25-26,28H,2-4,11-14H2,1H3. The summed E-state index contributed by atoms with van der Waals surface area (Å²) in [7, 11) is 0. The summed E-state index contributed by atoms with van der Waals surface area (Å²) in [5, 5.41) is 10.7. The molecule has 0 saturated carbocycles. The molecular formula is C23H30BrN3O2. The molecule has 156 valence electrons. The fourth-order valence-electron chi connectivity index (χ4n) is 4.48. The Labute approximate surface area is 181 Å². The van der Waals surface area contributed by atoms with E-state index >= 15 is 0 Å². The molecule has 2 fully saturated rings. The lowest BCUT2D eigenvalue weighted by molar-refractivity contribution is 0.183. The van der Waals surface area contributed by atoms with Crippen molar-refractivity contribution >= 4 is 15.9 Å². The van der Waals surface area contributed by atoms with Crippen molar-refractivity contribution in [2.24, 2.45) is 0 Å². The van der Waals surface area contributed by atoms with Gasteiger partial charge in [-0.3, -0.25) is 10.3 Å². The van der Waals surface area contributed by atoms with Crippen molar-refractivity contribution in [1.82, 2.24) is 15.8 Å². The van der Waals surface area contributed by atoms with Gasteiger partial charge in [-0.15, -0.1) is 0 Å². The van der Waals surface area contributed by atoms with E-state index in [0.29, 0.717) is 6.61 Å². The van der Waals surface area contributed by atoms with Gasteiger partial charge in [0.2, 0.25) is 0 Å². The third-order valence-corrected chi connectivity index (χ3v) is 6.61. The molecule has 2 saturated heterocycles. The molecule has 2 aliphatic heterocycles. The second kappa shape index (κ2) is 9.47. The Morgan fingerprint density at radius 2 is 1.83 bits per heavy atom. The summed E-state index contributed by atoms with van der Waals surface area (Å²) >= 11 is 3.51. The number of phenols is 1. The molecule has 0 aliphatic carbocycles. The first-order valence-electron chi connectivity index (χ1n) is 10.6. The van der Waals surface area contributed by atoms with Crippen LogP contribution in [0.5, 0.6) is 11.5 Å². The van der Waals surface area contributed by atoms with Crippen LogP contribution >= 0.6 is 15.9 Å². The molecular weight excluding hydrogens is 430 g/mol. The highest BCUT2D eigenvalue weighted by Crippen LogP contribution is 2.41. The van der Waals surface area contributed by atoms with E-state index in [1.807, 2.05) is 12.1 Å². The first-order valence-corrected chi connectivity index (χ1v) is 11.4. The normalized spacial score (nSPS) is 25.2. The molecule has 2 aliphatic rings. The van der Waals surface area contributed by atoms with Gasteiger partial charge in [-0.05, 0) is 56.6 Å². The summed E-state index contributed by atoms with van der Waals surface area (Å²) in [6.07, 6.45) is 3.92. The van der Waals surface area contributed by atoms with Crippen LogP contribution in [0.15, 0.2) is 46.9 Å². The Morgan fingerprint density at radius 1 is 1.07 bits per heavy atom. The maximum atomic E-state index is 10.7. The number of nitrogens with one attached hydrogen (secondary N) is 2. The number of hydrogen-bond acceptors (Lipinski definition) is 5. The number of nitrogens with zero attached hydrogens (tertiary/aromatic N) is 1. The van der Waals surface area contributed by atoms with E-state index in [-0.39, 0.29) is 23.8 Å². The van der Waals surface area contributed by atoms with E-state index in [4.69, 9.17) is 4.74 Å². The Morgan fingerprint density at radius 3 is 2.55 bits per heavy atom. The lowest BCUT2D eigenvalue weighted by Gasteiger charge is -2.26. The topological polar surface area (TPSA) is 56.8 Å². The van der Waals surface area contributed by atoms with Crippen LogP contribution in [0, 0.1) is 0 Å². The van der Waals surface area contributed by atoms with Gasteiger partial charge < -0.3 is 9.84 Å². The molecule has 0 amide bonds. The predicted octanol–water partition coefficient (Wildman–Crippen LogP) is 4.34. The SMILES string of the molecule is CC1NNC(c2ccc(OCCN3CCCCC3)cc2O)C1c1ccc(Br)cc1. The van der Waals surface area contributed by atoms with Crippen molar-refractivity contribution in [3.05, 3.63) is 58.1 Å². The van der Waals surface area contributed by atoms with Gasteiger partial charge in [-0.25, -0.2) is 5.43 Å². The van der Waals surface area contributed by atoms with Gasteiger partial charge in [-0.2, -0.15) is 0 Å². The van der Waals surface area contributed by atoms with Crippen LogP contribution in [0.3, 0.4) is 0 Å². The molecule has 5 nitrogen and oxygen atoms in total. The number of halogens is 1. The fraction of sp³-hybridized carbons (Fsp3) is 0.478. The molecule has 3 N–H and O–H groups in total. The number of likely N-dealkylation sites (tertiary alicyclic amines) is 1. The van der Waals surface area contributed by atoms with Crippen LogP contribution in [-0.4, -0.2) is 42.3 Å². The maximum Gasteiger partial charge on any atom is 0.124 e. The Bertz CT molecular complexity index is 808. The number of piperidine rings is 1. The highest BCUT2D eigenvalue weighted by Gasteiger charge is 2.36. The molecule has 0 aromatic heterocycles. The highest BCUT2D eigenvalue weighted by molar-refractivity contribution is 9.10. The van der Waals surface area contributed by atoms with E-state index in [0.717, 1.165) is 22.3 Å². The summed E-state index contributed by atoms with van der Waals surface area (Å²) < 4.78 is 6.98. The minimum Gasteiger partial charge on any atom is -0.507 e. The van der Waals surface area contributed by atoms with Crippen molar-refractivity contribution < 1.29 is 9.84 Å². The quantitative estimate of drug-likeness (QED) is 0.599. The lowest BCUT2D eigenvalue weighted by Crippen LogP contribution is -2.33. The number of aromatic hydroxyl groups is 1. The number of phenolic OH excluding ortho intramolecular Hbond substituents is 1. The zero-order valence-electron chi connectivity index (χ0n) is 16.9. The van der Waals surface area contributed by atoms with Crippen LogP contribution < -0.4 is 15.6 Å². The van der Waals surface area contributed by atoms with Gasteiger partial charge in [-0.1, -0.05) is 40.5 Å². The molecule has 3 unspecified atom stereocenters. The van der Waals surface area contributed by atoms with Gasteiger partial charge in [0.15, 0.2) is 0 Å². The maximum absolute atomic E-state index is 10.7. The Kier molecular flexibility index (Phi) is 6.75. The summed E-state index contributed by atoms with van der Waals surface area (Å²) in [4.78, 5) is 2.45. The first-order chi connectivity index (χ1) is 14.1. The van der Waals surface area contributed by atoms with E-state index in [2.05, 4.69) is 62.9 Å². The molecule has 2 aromatic rings. The van der Waals surface area contributed by atoms with Gasteiger partial charge in [0.1, 0.15) is 18.1 Å². The Hall–Kier alpha value is -1.60. The number of rotatable bonds is 6. The molecule has 4 rings (SSSR count). The third kappa shape index (κ3) is 4.94. The van der Waals surface area contributed by atoms with Gasteiger partial charge >= 0.3 is 0 Å². The van der Waals surface area contributed by atoms with Crippen molar-refractivity contribution in [1.29, 1.82) is 0 Å². The zero-order valence-corrected chi connectivity index (χ0v) is 18.5. The van der Waals surface area contributed by atoms with Crippen molar-refractivity contribution in [2.45, 2.75) is 44.2 Å². The molecule has 29 heavy (non-hydrogen) atoms. The van der Waals surface area contributed by atoms with Crippen LogP contribution in [0.2, 0.25) is 0 Å². The van der Waals surface area contributed by atoms with Crippen LogP contribution in [0.1, 0.15) is 49.3 Å².